The molecule has 0 atom stereocenters. The van der Waals surface area contributed by atoms with Crippen LogP contribution in [-0.2, 0) is 15.5 Å². The minimum Gasteiger partial charge on any atom is -0.504 e. The topological polar surface area (TPSA) is 135 Å². The number of aromatic hydroxyl groups is 4. The van der Waals surface area contributed by atoms with Crippen LogP contribution in [0.25, 0.3) is 0 Å². The molecule has 7 nitrogen and oxygen atoms in total. The highest BCUT2D eigenvalue weighted by molar-refractivity contribution is 7.86. The largest absolute Gasteiger partial charge is 0.504 e. The van der Waals surface area contributed by atoms with Crippen LogP contribution in [-0.4, -0.2) is 33.4 Å². The number of phenols is 4. The minimum absolute atomic E-state index is 0.232. The normalized spacial score (nSPS) is 12.7. The molecular formula is C10H14O7S. The predicted molar refractivity (Wildman–Crippen MR) is 61.6 cm³/mol. The third kappa shape index (κ3) is 2.16. The van der Waals surface area contributed by atoms with Gasteiger partial charge in [-0.1, -0.05) is 20.8 Å². The first-order chi connectivity index (χ1) is 7.89. The van der Waals surface area contributed by atoms with Gasteiger partial charge in [0.15, 0.2) is 27.9 Å². The zero-order valence-corrected chi connectivity index (χ0v) is 10.8. The molecule has 0 saturated heterocycles. The van der Waals surface area contributed by atoms with Gasteiger partial charge in [0.05, 0.1) is 0 Å². The summed E-state index contributed by atoms with van der Waals surface area (Å²) in [5.41, 5.74) is -1.11. The highest BCUT2D eigenvalue weighted by Gasteiger charge is 2.34. The van der Waals surface area contributed by atoms with Gasteiger partial charge in [0, 0.05) is 5.56 Å². The maximum Gasteiger partial charge on any atom is 0.302 e. The second-order valence-corrected chi connectivity index (χ2v) is 6.18. The Morgan fingerprint density at radius 3 is 1.39 bits per heavy atom. The summed E-state index contributed by atoms with van der Waals surface area (Å²) in [5, 5.41) is 38.4. The van der Waals surface area contributed by atoms with Crippen molar-refractivity contribution in [3.05, 3.63) is 5.56 Å². The van der Waals surface area contributed by atoms with E-state index in [1.807, 2.05) is 0 Å². The average molecular weight is 278 g/mol. The van der Waals surface area contributed by atoms with Gasteiger partial charge < -0.3 is 20.4 Å². The number of hydrogen-bond acceptors (Lipinski definition) is 6. The quantitative estimate of drug-likeness (QED) is 0.294. The molecule has 0 amide bonds. The first kappa shape index (κ1) is 14.4. The maximum atomic E-state index is 11.0. The highest BCUT2D eigenvalue weighted by Crippen LogP contribution is 2.52. The van der Waals surface area contributed by atoms with Crippen molar-refractivity contribution in [1.29, 1.82) is 0 Å². The zero-order valence-electron chi connectivity index (χ0n) is 9.96. The van der Waals surface area contributed by atoms with E-state index in [9.17, 15) is 28.8 Å². The molecule has 0 bridgehead atoms. The van der Waals surface area contributed by atoms with Crippen LogP contribution in [0.15, 0.2) is 4.90 Å². The van der Waals surface area contributed by atoms with Crippen molar-refractivity contribution in [3.63, 3.8) is 0 Å². The Morgan fingerprint density at radius 2 is 1.17 bits per heavy atom. The zero-order chi connectivity index (χ0) is 14.5. The molecule has 0 radical (unpaired) electrons. The van der Waals surface area contributed by atoms with E-state index >= 15 is 0 Å². The summed E-state index contributed by atoms with van der Waals surface area (Å²) >= 11 is 0. The van der Waals surface area contributed by atoms with Crippen molar-refractivity contribution in [3.8, 4) is 23.0 Å². The summed E-state index contributed by atoms with van der Waals surface area (Å²) in [5.74, 6) is -4.24. The van der Waals surface area contributed by atoms with E-state index in [0.717, 1.165) is 0 Å². The molecule has 1 aromatic rings. The van der Waals surface area contributed by atoms with Gasteiger partial charge in [-0.3, -0.25) is 4.55 Å². The second kappa shape index (κ2) is 3.92. The van der Waals surface area contributed by atoms with Crippen LogP contribution in [0, 0.1) is 0 Å². The molecule has 0 aliphatic carbocycles. The van der Waals surface area contributed by atoms with Gasteiger partial charge in [-0.2, -0.15) is 8.42 Å². The fourth-order valence-corrected chi connectivity index (χ4v) is 2.31. The van der Waals surface area contributed by atoms with E-state index in [-0.39, 0.29) is 5.56 Å². The smallest absolute Gasteiger partial charge is 0.302 e. The lowest BCUT2D eigenvalue weighted by molar-refractivity contribution is 0.333. The Hall–Kier alpha value is -1.67. The second-order valence-electron chi connectivity index (χ2n) is 4.82. The molecule has 0 unspecified atom stereocenters. The molecule has 0 aliphatic heterocycles. The van der Waals surface area contributed by atoms with Crippen LogP contribution in [0.3, 0.4) is 0 Å². The predicted octanol–water partition coefficient (Wildman–Crippen LogP) is 1.05. The van der Waals surface area contributed by atoms with Crippen LogP contribution >= 0.6 is 0 Å². The summed E-state index contributed by atoms with van der Waals surface area (Å²) in [6.07, 6.45) is 0. The van der Waals surface area contributed by atoms with E-state index in [1.54, 1.807) is 20.8 Å². The number of rotatable bonds is 1. The standard InChI is InChI=1S/C10H14O7S/c1-10(2,3)4-5(11)7(13)9(18(15,16)17)8(14)6(4)12/h11-14H,1-3H3,(H,15,16,17). The SMILES string of the molecule is CC(C)(C)c1c(O)c(O)c(S(=O)(=O)O)c(O)c1O. The van der Waals surface area contributed by atoms with E-state index < -0.39 is 43.4 Å². The Bertz CT molecular complexity index is 567. The van der Waals surface area contributed by atoms with Gasteiger partial charge >= 0.3 is 10.1 Å². The van der Waals surface area contributed by atoms with Gasteiger partial charge in [-0.15, -0.1) is 0 Å². The Labute approximate surface area is 104 Å². The van der Waals surface area contributed by atoms with Crippen molar-refractivity contribution in [1.82, 2.24) is 0 Å². The van der Waals surface area contributed by atoms with E-state index in [2.05, 4.69) is 0 Å². The first-order valence-corrected chi connectivity index (χ1v) is 6.30. The van der Waals surface area contributed by atoms with Gasteiger partial charge in [0.2, 0.25) is 0 Å². The maximum absolute atomic E-state index is 11.0. The molecular weight excluding hydrogens is 264 g/mol. The van der Waals surface area contributed by atoms with Crippen molar-refractivity contribution >= 4 is 10.1 Å². The van der Waals surface area contributed by atoms with Crippen molar-refractivity contribution in [2.45, 2.75) is 31.1 Å². The number of benzene rings is 1. The third-order valence-electron chi connectivity index (χ3n) is 2.36. The Morgan fingerprint density at radius 1 is 0.833 bits per heavy atom. The Balaban J connectivity index is 3.90. The minimum atomic E-state index is -4.99. The first-order valence-electron chi connectivity index (χ1n) is 4.86. The van der Waals surface area contributed by atoms with E-state index in [1.165, 1.54) is 0 Å². The van der Waals surface area contributed by atoms with Gasteiger partial charge in [0.1, 0.15) is 0 Å². The Kier molecular flexibility index (Phi) is 3.14. The number of hydrogen-bond donors (Lipinski definition) is 5. The molecule has 18 heavy (non-hydrogen) atoms. The molecule has 0 fully saturated rings. The molecule has 0 saturated carbocycles. The summed E-state index contributed by atoms with van der Waals surface area (Å²) in [4.78, 5) is -1.33. The molecule has 8 heteroatoms. The molecule has 1 aromatic carbocycles. The molecule has 0 aromatic heterocycles. The van der Waals surface area contributed by atoms with E-state index in [0.29, 0.717) is 0 Å². The molecule has 0 spiro atoms. The monoisotopic (exact) mass is 278 g/mol. The van der Waals surface area contributed by atoms with Crippen molar-refractivity contribution < 1.29 is 33.4 Å². The lowest BCUT2D eigenvalue weighted by Gasteiger charge is -2.23. The molecule has 0 heterocycles. The molecule has 102 valence electrons. The van der Waals surface area contributed by atoms with Crippen molar-refractivity contribution in [2.24, 2.45) is 0 Å². The summed E-state index contributed by atoms with van der Waals surface area (Å²) in [6, 6.07) is 0. The molecule has 1 rings (SSSR count). The molecule has 5 N–H and O–H groups in total. The third-order valence-corrected chi connectivity index (χ3v) is 3.26. The van der Waals surface area contributed by atoms with Crippen LogP contribution < -0.4 is 0 Å². The van der Waals surface area contributed by atoms with E-state index in [4.69, 9.17) is 4.55 Å². The van der Waals surface area contributed by atoms with Crippen LogP contribution in [0.5, 0.6) is 23.0 Å². The summed E-state index contributed by atoms with van der Waals surface area (Å²) in [6.45, 7) is 4.69. The van der Waals surface area contributed by atoms with Crippen LogP contribution in [0.4, 0.5) is 0 Å². The van der Waals surface area contributed by atoms with Gasteiger partial charge in [-0.05, 0) is 5.41 Å². The lowest BCUT2D eigenvalue weighted by atomic mass is 9.85. The van der Waals surface area contributed by atoms with Crippen LogP contribution in [0.2, 0.25) is 0 Å². The summed E-state index contributed by atoms with van der Waals surface area (Å²) in [7, 11) is -4.99. The highest BCUT2D eigenvalue weighted by atomic mass is 32.2. The lowest BCUT2D eigenvalue weighted by Crippen LogP contribution is -2.13. The molecule has 0 aliphatic rings. The van der Waals surface area contributed by atoms with Gasteiger partial charge in [-0.25, -0.2) is 0 Å². The average Bonchev–Trinajstić information content (AvgIpc) is 2.10. The summed E-state index contributed by atoms with van der Waals surface area (Å²) < 4.78 is 30.7. The fraction of sp³-hybridized carbons (Fsp3) is 0.400. The fourth-order valence-electron chi connectivity index (χ4n) is 1.63. The van der Waals surface area contributed by atoms with Gasteiger partial charge in [0.25, 0.3) is 0 Å². The number of phenolic OH excluding ortho intramolecular Hbond substituents is 4. The van der Waals surface area contributed by atoms with Crippen LogP contribution in [0.1, 0.15) is 26.3 Å². The van der Waals surface area contributed by atoms with Crippen molar-refractivity contribution in [2.75, 3.05) is 0 Å².